The van der Waals surface area contributed by atoms with Crippen LogP contribution in [-0.4, -0.2) is 6.04 Å². The summed E-state index contributed by atoms with van der Waals surface area (Å²) in [6.45, 7) is 7.23. The van der Waals surface area contributed by atoms with E-state index in [1.807, 2.05) is 6.07 Å². The molecule has 0 aliphatic heterocycles. The first kappa shape index (κ1) is 14.7. The summed E-state index contributed by atoms with van der Waals surface area (Å²) in [5.41, 5.74) is 1.07. The Kier molecular flexibility index (Phi) is 5.80. The smallest absolute Gasteiger partial charge is 0.140 e. The van der Waals surface area contributed by atoms with Crippen molar-refractivity contribution in [2.45, 2.75) is 46.2 Å². The average molecular weight is 248 g/mol. The van der Waals surface area contributed by atoms with E-state index in [-0.39, 0.29) is 5.56 Å². The maximum Gasteiger partial charge on any atom is 0.140 e. The van der Waals surface area contributed by atoms with E-state index in [2.05, 4.69) is 26.1 Å². The van der Waals surface area contributed by atoms with Crippen LogP contribution >= 0.6 is 0 Å². The molecule has 0 radical (unpaired) electrons. The minimum Gasteiger partial charge on any atom is -0.310 e. The van der Waals surface area contributed by atoms with E-state index >= 15 is 0 Å². The molecular weight excluding hydrogens is 227 g/mol. The summed E-state index contributed by atoms with van der Waals surface area (Å²) in [6, 6.07) is 6.99. The third kappa shape index (κ3) is 3.82. The molecule has 0 saturated carbocycles. The second kappa shape index (κ2) is 7.13. The number of halogens is 1. The normalized spacial score (nSPS) is 12.4. The summed E-state index contributed by atoms with van der Waals surface area (Å²) in [7, 11) is 0. The first-order chi connectivity index (χ1) is 8.62. The zero-order valence-corrected chi connectivity index (χ0v) is 11.3. The molecule has 1 rings (SSSR count). The van der Waals surface area contributed by atoms with Crippen molar-refractivity contribution < 1.29 is 4.39 Å². The van der Waals surface area contributed by atoms with Gasteiger partial charge in [-0.3, -0.25) is 0 Å². The van der Waals surface area contributed by atoms with Crippen LogP contribution in [-0.2, 0) is 6.54 Å². The van der Waals surface area contributed by atoms with Crippen molar-refractivity contribution >= 4 is 0 Å². The molecule has 98 valence electrons. The summed E-state index contributed by atoms with van der Waals surface area (Å²) in [4.78, 5) is 0. The molecule has 0 saturated heterocycles. The van der Waals surface area contributed by atoms with Gasteiger partial charge in [-0.25, -0.2) is 4.39 Å². The van der Waals surface area contributed by atoms with E-state index in [1.54, 1.807) is 12.1 Å². The van der Waals surface area contributed by atoms with Crippen LogP contribution in [0.25, 0.3) is 0 Å². The fourth-order valence-corrected chi connectivity index (χ4v) is 2.21. The van der Waals surface area contributed by atoms with Gasteiger partial charge in [-0.05, 0) is 30.5 Å². The van der Waals surface area contributed by atoms with Gasteiger partial charge in [-0.1, -0.05) is 32.8 Å². The molecule has 2 nitrogen and oxygen atoms in total. The van der Waals surface area contributed by atoms with Crippen LogP contribution in [0.3, 0.4) is 0 Å². The van der Waals surface area contributed by atoms with Crippen LogP contribution in [0.5, 0.6) is 0 Å². The Morgan fingerprint density at radius 3 is 2.56 bits per heavy atom. The standard InChI is InChI=1S/C15H21FN2/c1-4-13(5-2)11(3)18-10-12-6-7-15(16)14(8-12)9-17/h6-8,11,13,18H,4-5,10H2,1-3H3. The molecule has 0 amide bonds. The molecule has 1 N–H and O–H groups in total. The van der Waals surface area contributed by atoms with Crippen molar-refractivity contribution in [3.8, 4) is 6.07 Å². The largest absolute Gasteiger partial charge is 0.310 e. The lowest BCUT2D eigenvalue weighted by Gasteiger charge is -2.22. The minimum atomic E-state index is -0.450. The third-order valence-corrected chi connectivity index (χ3v) is 3.54. The van der Waals surface area contributed by atoms with Crippen molar-refractivity contribution in [1.29, 1.82) is 5.26 Å². The van der Waals surface area contributed by atoms with Crippen LogP contribution < -0.4 is 5.32 Å². The van der Waals surface area contributed by atoms with Gasteiger partial charge in [0.25, 0.3) is 0 Å². The zero-order valence-electron chi connectivity index (χ0n) is 11.3. The van der Waals surface area contributed by atoms with E-state index in [1.165, 1.54) is 6.07 Å². The molecule has 0 aromatic heterocycles. The fourth-order valence-electron chi connectivity index (χ4n) is 2.21. The van der Waals surface area contributed by atoms with Gasteiger partial charge in [0.2, 0.25) is 0 Å². The first-order valence-corrected chi connectivity index (χ1v) is 6.54. The Morgan fingerprint density at radius 2 is 2.00 bits per heavy atom. The van der Waals surface area contributed by atoms with Gasteiger partial charge in [-0.15, -0.1) is 0 Å². The molecule has 1 aromatic rings. The van der Waals surface area contributed by atoms with E-state index < -0.39 is 5.82 Å². The van der Waals surface area contributed by atoms with Crippen molar-refractivity contribution in [1.82, 2.24) is 5.32 Å². The number of hydrogen-bond donors (Lipinski definition) is 1. The summed E-state index contributed by atoms with van der Waals surface area (Å²) in [5.74, 6) is 0.204. The van der Waals surface area contributed by atoms with Gasteiger partial charge >= 0.3 is 0 Å². The maximum atomic E-state index is 13.2. The number of rotatable bonds is 6. The molecule has 18 heavy (non-hydrogen) atoms. The number of hydrogen-bond acceptors (Lipinski definition) is 2. The molecule has 0 fully saturated rings. The number of nitriles is 1. The van der Waals surface area contributed by atoms with Crippen LogP contribution in [0.15, 0.2) is 18.2 Å². The lowest BCUT2D eigenvalue weighted by atomic mass is 9.95. The SMILES string of the molecule is CCC(CC)C(C)NCc1ccc(F)c(C#N)c1. The Balaban J connectivity index is 2.61. The second-order valence-corrected chi connectivity index (χ2v) is 4.67. The Bertz CT molecular complexity index is 419. The summed E-state index contributed by atoms with van der Waals surface area (Å²) in [5, 5.41) is 12.2. The van der Waals surface area contributed by atoms with E-state index in [4.69, 9.17) is 5.26 Å². The van der Waals surface area contributed by atoms with Crippen molar-refractivity contribution in [2.75, 3.05) is 0 Å². The van der Waals surface area contributed by atoms with Gasteiger partial charge in [-0.2, -0.15) is 5.26 Å². The molecular formula is C15H21FN2. The Labute approximate surface area is 109 Å². The van der Waals surface area contributed by atoms with E-state index in [9.17, 15) is 4.39 Å². The van der Waals surface area contributed by atoms with Gasteiger partial charge in [0.15, 0.2) is 0 Å². The summed E-state index contributed by atoms with van der Waals surface area (Å²) in [6.07, 6.45) is 2.30. The van der Waals surface area contributed by atoms with E-state index in [0.717, 1.165) is 18.4 Å². The van der Waals surface area contributed by atoms with E-state index in [0.29, 0.717) is 18.5 Å². The van der Waals surface area contributed by atoms with Crippen molar-refractivity contribution in [3.63, 3.8) is 0 Å². The predicted molar refractivity (Wildman–Crippen MR) is 71.5 cm³/mol. The van der Waals surface area contributed by atoms with Gasteiger partial charge in [0, 0.05) is 12.6 Å². The van der Waals surface area contributed by atoms with Crippen LogP contribution in [0, 0.1) is 23.1 Å². The lowest BCUT2D eigenvalue weighted by molar-refractivity contribution is 0.353. The average Bonchev–Trinajstić information content (AvgIpc) is 2.39. The van der Waals surface area contributed by atoms with Crippen molar-refractivity contribution in [2.24, 2.45) is 5.92 Å². The quantitative estimate of drug-likeness (QED) is 0.834. The number of nitrogens with one attached hydrogen (secondary N) is 1. The summed E-state index contributed by atoms with van der Waals surface area (Å²) >= 11 is 0. The molecule has 0 aliphatic rings. The highest BCUT2D eigenvalue weighted by atomic mass is 19.1. The van der Waals surface area contributed by atoms with Gasteiger partial charge in [0.05, 0.1) is 5.56 Å². The molecule has 0 spiro atoms. The topological polar surface area (TPSA) is 35.8 Å². The highest BCUT2D eigenvalue weighted by Crippen LogP contribution is 2.14. The second-order valence-electron chi connectivity index (χ2n) is 4.67. The predicted octanol–water partition coefficient (Wildman–Crippen LogP) is 3.61. The van der Waals surface area contributed by atoms with Gasteiger partial charge in [0.1, 0.15) is 11.9 Å². The molecule has 1 unspecified atom stereocenters. The molecule has 0 heterocycles. The highest BCUT2D eigenvalue weighted by Gasteiger charge is 2.12. The lowest BCUT2D eigenvalue weighted by Crippen LogP contribution is -2.32. The molecule has 0 bridgehead atoms. The first-order valence-electron chi connectivity index (χ1n) is 6.54. The third-order valence-electron chi connectivity index (χ3n) is 3.54. The molecule has 1 aromatic carbocycles. The maximum absolute atomic E-state index is 13.2. The van der Waals surface area contributed by atoms with Crippen LogP contribution in [0.4, 0.5) is 4.39 Å². The Morgan fingerprint density at radius 1 is 1.33 bits per heavy atom. The van der Waals surface area contributed by atoms with Crippen LogP contribution in [0.2, 0.25) is 0 Å². The van der Waals surface area contributed by atoms with Crippen LogP contribution in [0.1, 0.15) is 44.7 Å². The zero-order chi connectivity index (χ0) is 13.5. The minimum absolute atomic E-state index is 0.115. The monoisotopic (exact) mass is 248 g/mol. The highest BCUT2D eigenvalue weighted by molar-refractivity contribution is 5.34. The number of nitrogens with zero attached hydrogens (tertiary/aromatic N) is 1. The number of benzene rings is 1. The summed E-state index contributed by atoms with van der Waals surface area (Å²) < 4.78 is 13.2. The van der Waals surface area contributed by atoms with Crippen molar-refractivity contribution in [3.05, 3.63) is 35.1 Å². The molecule has 1 atom stereocenters. The fraction of sp³-hybridized carbons (Fsp3) is 0.533. The molecule has 3 heteroatoms. The molecule has 0 aliphatic carbocycles. The Hall–Kier alpha value is -1.40. The van der Waals surface area contributed by atoms with Gasteiger partial charge < -0.3 is 5.32 Å².